The van der Waals surface area contributed by atoms with E-state index in [1.807, 2.05) is 24.3 Å². The van der Waals surface area contributed by atoms with Crippen molar-refractivity contribution in [2.45, 2.75) is 6.61 Å². The number of benzene rings is 1. The standard InChI is InChI=1S/C16H17N5O/c1-22-11-14-10-15(21-16(20-14)18-12-19-21)17-9-5-8-13-6-3-2-4-7-13/h2-8,10,12,17H,9,11H2,1H3/b8-5+. The van der Waals surface area contributed by atoms with Gasteiger partial charge in [-0.15, -0.1) is 0 Å². The maximum Gasteiger partial charge on any atom is 0.254 e. The van der Waals surface area contributed by atoms with Crippen molar-refractivity contribution in [1.29, 1.82) is 0 Å². The summed E-state index contributed by atoms with van der Waals surface area (Å²) in [5.41, 5.74) is 1.99. The normalized spacial score (nSPS) is 11.3. The second-order valence-corrected chi connectivity index (χ2v) is 4.73. The first-order valence-electron chi connectivity index (χ1n) is 7.01. The van der Waals surface area contributed by atoms with Crippen LogP contribution in [0.4, 0.5) is 5.82 Å². The minimum Gasteiger partial charge on any atom is -0.378 e. The molecule has 3 aromatic rings. The number of methoxy groups -OCH3 is 1. The zero-order chi connectivity index (χ0) is 15.2. The zero-order valence-corrected chi connectivity index (χ0v) is 12.3. The van der Waals surface area contributed by atoms with E-state index in [9.17, 15) is 0 Å². The molecule has 0 radical (unpaired) electrons. The lowest BCUT2D eigenvalue weighted by atomic mass is 10.2. The molecule has 1 aromatic carbocycles. The molecule has 0 bridgehead atoms. The van der Waals surface area contributed by atoms with Gasteiger partial charge in [0, 0.05) is 19.7 Å². The third-order valence-corrected chi connectivity index (χ3v) is 3.11. The summed E-state index contributed by atoms with van der Waals surface area (Å²) in [6, 6.07) is 12.1. The van der Waals surface area contributed by atoms with Gasteiger partial charge >= 0.3 is 0 Å². The van der Waals surface area contributed by atoms with Crippen LogP contribution < -0.4 is 5.32 Å². The molecule has 1 N–H and O–H groups in total. The molecule has 6 nitrogen and oxygen atoms in total. The van der Waals surface area contributed by atoms with Crippen molar-refractivity contribution in [3.8, 4) is 0 Å². The summed E-state index contributed by atoms with van der Waals surface area (Å²) in [5.74, 6) is 1.40. The van der Waals surface area contributed by atoms with E-state index in [4.69, 9.17) is 4.74 Å². The lowest BCUT2D eigenvalue weighted by molar-refractivity contribution is 0.181. The van der Waals surface area contributed by atoms with Crippen LogP contribution in [-0.2, 0) is 11.3 Å². The molecule has 2 aromatic heterocycles. The van der Waals surface area contributed by atoms with Gasteiger partial charge in [-0.25, -0.2) is 4.98 Å². The molecular formula is C16H17N5O. The fourth-order valence-corrected chi connectivity index (χ4v) is 2.13. The molecule has 0 unspecified atom stereocenters. The first-order chi connectivity index (χ1) is 10.9. The van der Waals surface area contributed by atoms with Crippen LogP contribution in [0.1, 0.15) is 11.3 Å². The number of nitrogens with zero attached hydrogens (tertiary/aromatic N) is 4. The van der Waals surface area contributed by atoms with Gasteiger partial charge in [0.2, 0.25) is 0 Å². The molecule has 6 heteroatoms. The van der Waals surface area contributed by atoms with Crippen LogP contribution in [0.15, 0.2) is 48.8 Å². The summed E-state index contributed by atoms with van der Waals surface area (Å²) in [6.07, 6.45) is 5.63. The third kappa shape index (κ3) is 3.29. The van der Waals surface area contributed by atoms with E-state index in [-0.39, 0.29) is 0 Å². The Morgan fingerprint density at radius 2 is 2.14 bits per heavy atom. The highest BCUT2D eigenvalue weighted by Gasteiger charge is 2.06. The zero-order valence-electron chi connectivity index (χ0n) is 12.3. The Bertz CT molecular complexity index is 767. The van der Waals surface area contributed by atoms with E-state index in [0.717, 1.165) is 11.5 Å². The first kappa shape index (κ1) is 14.2. The SMILES string of the molecule is COCc1cc(NC/C=C/c2ccccc2)n2ncnc2n1. The molecule has 0 saturated heterocycles. The molecule has 0 spiro atoms. The van der Waals surface area contributed by atoms with Gasteiger partial charge in [0.1, 0.15) is 12.1 Å². The lowest BCUT2D eigenvalue weighted by Gasteiger charge is -2.07. The van der Waals surface area contributed by atoms with Crippen LogP contribution in [0.3, 0.4) is 0 Å². The second kappa shape index (κ2) is 6.82. The molecule has 22 heavy (non-hydrogen) atoms. The number of anilines is 1. The number of fused-ring (bicyclic) bond motifs is 1. The van der Waals surface area contributed by atoms with Crippen molar-refractivity contribution >= 4 is 17.7 Å². The number of hydrogen-bond donors (Lipinski definition) is 1. The van der Waals surface area contributed by atoms with Gasteiger partial charge in [0.25, 0.3) is 5.78 Å². The van der Waals surface area contributed by atoms with Gasteiger partial charge < -0.3 is 10.1 Å². The number of ether oxygens (including phenoxy) is 1. The van der Waals surface area contributed by atoms with Gasteiger partial charge in [-0.3, -0.25) is 0 Å². The second-order valence-electron chi connectivity index (χ2n) is 4.73. The Labute approximate surface area is 128 Å². The number of rotatable bonds is 6. The Balaban J connectivity index is 1.73. The smallest absolute Gasteiger partial charge is 0.254 e. The third-order valence-electron chi connectivity index (χ3n) is 3.11. The molecule has 2 heterocycles. The van der Waals surface area contributed by atoms with Crippen LogP contribution in [0.25, 0.3) is 11.9 Å². The van der Waals surface area contributed by atoms with E-state index in [1.54, 1.807) is 11.6 Å². The van der Waals surface area contributed by atoms with E-state index in [0.29, 0.717) is 18.9 Å². The number of nitrogens with one attached hydrogen (secondary N) is 1. The highest BCUT2D eigenvalue weighted by molar-refractivity contribution is 5.51. The van der Waals surface area contributed by atoms with Crippen LogP contribution in [-0.4, -0.2) is 33.2 Å². The Morgan fingerprint density at radius 1 is 1.27 bits per heavy atom. The van der Waals surface area contributed by atoms with Crippen LogP contribution in [0, 0.1) is 0 Å². The summed E-state index contributed by atoms with van der Waals surface area (Å²) in [4.78, 5) is 8.49. The van der Waals surface area contributed by atoms with Gasteiger partial charge in [0.15, 0.2) is 0 Å². The van der Waals surface area contributed by atoms with Crippen LogP contribution in [0.5, 0.6) is 0 Å². The average molecular weight is 295 g/mol. The molecule has 0 saturated carbocycles. The molecule has 112 valence electrons. The van der Waals surface area contributed by atoms with Gasteiger partial charge in [-0.2, -0.15) is 14.6 Å². The predicted octanol–water partition coefficient (Wildman–Crippen LogP) is 2.40. The van der Waals surface area contributed by atoms with Gasteiger partial charge in [-0.1, -0.05) is 42.5 Å². The summed E-state index contributed by atoms with van der Waals surface area (Å²) >= 11 is 0. The maximum atomic E-state index is 5.13. The molecular weight excluding hydrogens is 278 g/mol. The van der Waals surface area contributed by atoms with Crippen molar-refractivity contribution in [3.05, 3.63) is 60.1 Å². The fourth-order valence-electron chi connectivity index (χ4n) is 2.13. The van der Waals surface area contributed by atoms with Gasteiger partial charge in [0.05, 0.1) is 12.3 Å². The monoisotopic (exact) mass is 295 g/mol. The van der Waals surface area contributed by atoms with E-state index in [2.05, 4.69) is 44.7 Å². The quantitative estimate of drug-likeness (QED) is 0.756. The summed E-state index contributed by atoms with van der Waals surface area (Å²) in [5, 5.41) is 7.49. The molecule has 0 aliphatic rings. The Kier molecular flexibility index (Phi) is 4.41. The summed E-state index contributed by atoms with van der Waals surface area (Å²) in [7, 11) is 1.64. The largest absolute Gasteiger partial charge is 0.378 e. The van der Waals surface area contributed by atoms with Gasteiger partial charge in [-0.05, 0) is 5.56 Å². The maximum absolute atomic E-state index is 5.13. The van der Waals surface area contributed by atoms with E-state index >= 15 is 0 Å². The predicted molar refractivity (Wildman–Crippen MR) is 85.5 cm³/mol. The minimum atomic E-state index is 0.442. The fraction of sp³-hybridized carbons (Fsp3) is 0.188. The molecule has 0 aliphatic carbocycles. The highest BCUT2D eigenvalue weighted by atomic mass is 16.5. The Hall–Kier alpha value is -2.73. The van der Waals surface area contributed by atoms with E-state index in [1.165, 1.54) is 11.9 Å². The number of hydrogen-bond acceptors (Lipinski definition) is 5. The van der Waals surface area contributed by atoms with Crippen molar-refractivity contribution < 1.29 is 4.74 Å². The first-order valence-corrected chi connectivity index (χ1v) is 7.01. The van der Waals surface area contributed by atoms with Crippen molar-refractivity contribution in [2.75, 3.05) is 19.0 Å². The highest BCUT2D eigenvalue weighted by Crippen LogP contribution is 2.11. The topological polar surface area (TPSA) is 64.3 Å². The molecule has 0 fully saturated rings. The number of aromatic nitrogens is 4. The Morgan fingerprint density at radius 3 is 2.95 bits per heavy atom. The molecule has 3 rings (SSSR count). The van der Waals surface area contributed by atoms with Crippen LogP contribution >= 0.6 is 0 Å². The minimum absolute atomic E-state index is 0.442. The van der Waals surface area contributed by atoms with Crippen molar-refractivity contribution in [3.63, 3.8) is 0 Å². The summed E-state index contributed by atoms with van der Waals surface area (Å²) in [6.45, 7) is 1.12. The van der Waals surface area contributed by atoms with Crippen molar-refractivity contribution in [2.24, 2.45) is 0 Å². The lowest BCUT2D eigenvalue weighted by Crippen LogP contribution is -2.08. The van der Waals surface area contributed by atoms with E-state index < -0.39 is 0 Å². The van der Waals surface area contributed by atoms with Crippen LogP contribution in [0.2, 0.25) is 0 Å². The average Bonchev–Trinajstić information content (AvgIpc) is 3.01. The van der Waals surface area contributed by atoms with Crippen molar-refractivity contribution in [1.82, 2.24) is 19.6 Å². The molecule has 0 aliphatic heterocycles. The molecule has 0 amide bonds. The molecule has 0 atom stereocenters. The summed E-state index contributed by atoms with van der Waals surface area (Å²) < 4.78 is 6.81.